The fraction of sp³-hybridized carbons (Fsp3) is 0.800. The molecule has 0 aliphatic rings. The summed E-state index contributed by atoms with van der Waals surface area (Å²) < 4.78 is 0. The minimum atomic E-state index is 0.703. The molecule has 1 heteroatoms. The van der Waals surface area contributed by atoms with E-state index < -0.39 is 0 Å². The fourth-order valence-corrected chi connectivity index (χ4v) is 3.11. The van der Waals surface area contributed by atoms with Crippen molar-refractivity contribution in [1.29, 1.82) is 0 Å². The predicted octanol–water partition coefficient (Wildman–Crippen LogP) is 6.99. The van der Waals surface area contributed by atoms with Crippen molar-refractivity contribution in [2.45, 2.75) is 104 Å². The smallest absolute Gasteiger partial charge is 0.00429 e. The van der Waals surface area contributed by atoms with Crippen LogP contribution in [-0.4, -0.2) is 4.98 Å². The lowest BCUT2D eigenvalue weighted by atomic mass is 9.95. The van der Waals surface area contributed by atoms with Gasteiger partial charge in [0.2, 0.25) is 0 Å². The summed E-state index contributed by atoms with van der Waals surface area (Å²) >= 11 is 0. The van der Waals surface area contributed by atoms with Crippen molar-refractivity contribution in [1.82, 2.24) is 4.98 Å². The van der Waals surface area contributed by atoms with Crippen LogP contribution in [0.4, 0.5) is 0 Å². The van der Waals surface area contributed by atoms with Crippen LogP contribution in [0.15, 0.2) is 12.4 Å². The van der Waals surface area contributed by atoms with Crippen LogP contribution in [0.1, 0.15) is 108 Å². The molecule has 0 aromatic carbocycles. The maximum Gasteiger partial charge on any atom is 0.00429 e. The Kier molecular flexibility index (Phi) is 10.4. The summed E-state index contributed by atoms with van der Waals surface area (Å²) in [5, 5.41) is 0. The molecule has 1 aromatic heterocycles. The van der Waals surface area contributed by atoms with E-state index in [-0.39, 0.29) is 0 Å². The maximum atomic E-state index is 3.30. The highest BCUT2D eigenvalue weighted by Crippen LogP contribution is 2.24. The van der Waals surface area contributed by atoms with Crippen molar-refractivity contribution in [3.8, 4) is 0 Å². The summed E-state index contributed by atoms with van der Waals surface area (Å²) in [4.78, 5) is 3.30. The largest absolute Gasteiger partial charge is 0.367 e. The lowest BCUT2D eigenvalue weighted by molar-refractivity contribution is 0.555. The molecule has 0 aliphatic heterocycles. The molecule has 0 radical (unpaired) electrons. The molecule has 0 saturated heterocycles. The summed E-state index contributed by atoms with van der Waals surface area (Å²) in [6, 6.07) is 0. The lowest BCUT2D eigenvalue weighted by Crippen LogP contribution is -1.95. The van der Waals surface area contributed by atoms with Crippen LogP contribution < -0.4 is 0 Å². The zero-order chi connectivity index (χ0) is 15.3. The van der Waals surface area contributed by atoms with Gasteiger partial charge in [-0.2, -0.15) is 0 Å². The van der Waals surface area contributed by atoms with E-state index in [1.807, 2.05) is 0 Å². The molecule has 1 atom stereocenters. The van der Waals surface area contributed by atoms with Gasteiger partial charge in [0.1, 0.15) is 0 Å². The second-order valence-electron chi connectivity index (χ2n) is 6.68. The Morgan fingerprint density at radius 3 is 1.95 bits per heavy atom. The Bertz CT molecular complexity index is 339. The van der Waals surface area contributed by atoms with E-state index in [9.17, 15) is 0 Å². The van der Waals surface area contributed by atoms with Gasteiger partial charge in [0.25, 0.3) is 0 Å². The molecule has 0 saturated carbocycles. The molecule has 0 aliphatic carbocycles. The molecule has 1 unspecified atom stereocenters. The van der Waals surface area contributed by atoms with Crippen molar-refractivity contribution in [3.63, 3.8) is 0 Å². The number of nitrogens with one attached hydrogen (secondary N) is 1. The van der Waals surface area contributed by atoms with Crippen molar-refractivity contribution in [3.05, 3.63) is 23.5 Å². The number of rotatable bonds is 13. The third-order valence-corrected chi connectivity index (χ3v) is 4.81. The molecule has 1 N–H and O–H groups in total. The van der Waals surface area contributed by atoms with Crippen molar-refractivity contribution in [2.24, 2.45) is 0 Å². The Morgan fingerprint density at radius 2 is 1.38 bits per heavy atom. The first-order valence-corrected chi connectivity index (χ1v) is 9.45. The van der Waals surface area contributed by atoms with Gasteiger partial charge < -0.3 is 4.98 Å². The molecule has 1 nitrogen and oxygen atoms in total. The molecule has 0 fully saturated rings. The number of aryl methyl sites for hydroxylation is 1. The second-order valence-corrected chi connectivity index (χ2v) is 6.68. The van der Waals surface area contributed by atoms with Gasteiger partial charge in [-0.05, 0) is 36.3 Å². The third-order valence-electron chi connectivity index (χ3n) is 4.81. The van der Waals surface area contributed by atoms with Gasteiger partial charge >= 0.3 is 0 Å². The Morgan fingerprint density at radius 1 is 0.810 bits per heavy atom. The van der Waals surface area contributed by atoms with E-state index in [1.165, 1.54) is 77.0 Å². The number of aromatic amines is 1. The molecule has 1 heterocycles. The quantitative estimate of drug-likeness (QED) is 0.377. The van der Waals surface area contributed by atoms with Crippen LogP contribution in [0, 0.1) is 0 Å². The zero-order valence-corrected chi connectivity index (χ0v) is 14.7. The molecule has 0 spiro atoms. The first-order chi connectivity index (χ1) is 10.3. The highest BCUT2D eigenvalue weighted by atomic mass is 14.6. The van der Waals surface area contributed by atoms with Crippen molar-refractivity contribution >= 4 is 0 Å². The van der Waals surface area contributed by atoms with E-state index >= 15 is 0 Å². The van der Waals surface area contributed by atoms with Gasteiger partial charge in [0, 0.05) is 12.4 Å². The van der Waals surface area contributed by atoms with Gasteiger partial charge in [-0.25, -0.2) is 0 Å². The lowest BCUT2D eigenvalue weighted by Gasteiger charge is -2.10. The first-order valence-electron chi connectivity index (χ1n) is 9.45. The SMILES string of the molecule is CCCCCCCCCCCCc1c[nH]cc1C(C)CC. The normalized spacial score (nSPS) is 12.7. The van der Waals surface area contributed by atoms with E-state index in [0.717, 1.165) is 0 Å². The van der Waals surface area contributed by atoms with E-state index in [0.29, 0.717) is 5.92 Å². The molecule has 122 valence electrons. The first kappa shape index (κ1) is 18.3. The van der Waals surface area contributed by atoms with Crippen LogP contribution in [0.2, 0.25) is 0 Å². The number of hydrogen-bond donors (Lipinski definition) is 1. The van der Waals surface area contributed by atoms with Crippen LogP contribution in [0.5, 0.6) is 0 Å². The molecule has 21 heavy (non-hydrogen) atoms. The van der Waals surface area contributed by atoms with Gasteiger partial charge in [-0.15, -0.1) is 0 Å². The zero-order valence-electron chi connectivity index (χ0n) is 14.7. The summed E-state index contributed by atoms with van der Waals surface area (Å²) in [6.45, 7) is 6.91. The number of aromatic nitrogens is 1. The minimum Gasteiger partial charge on any atom is -0.367 e. The van der Waals surface area contributed by atoms with Gasteiger partial charge in [0.05, 0.1) is 0 Å². The average molecular weight is 292 g/mol. The minimum absolute atomic E-state index is 0.703. The topological polar surface area (TPSA) is 15.8 Å². The average Bonchev–Trinajstić information content (AvgIpc) is 2.97. The second kappa shape index (κ2) is 11.9. The van der Waals surface area contributed by atoms with E-state index in [2.05, 4.69) is 38.1 Å². The monoisotopic (exact) mass is 291 g/mol. The van der Waals surface area contributed by atoms with Crippen LogP contribution in [-0.2, 0) is 6.42 Å². The molecule has 0 bridgehead atoms. The van der Waals surface area contributed by atoms with E-state index in [1.54, 1.807) is 11.1 Å². The van der Waals surface area contributed by atoms with Gasteiger partial charge in [0.15, 0.2) is 0 Å². The Labute approximate surface area is 132 Å². The number of H-pyrrole nitrogens is 1. The molecule has 1 rings (SSSR count). The maximum absolute atomic E-state index is 3.30. The van der Waals surface area contributed by atoms with Crippen LogP contribution >= 0.6 is 0 Å². The summed E-state index contributed by atoms with van der Waals surface area (Å²) in [5.74, 6) is 0.703. The summed E-state index contributed by atoms with van der Waals surface area (Å²) in [7, 11) is 0. The number of hydrogen-bond acceptors (Lipinski definition) is 0. The van der Waals surface area contributed by atoms with Crippen molar-refractivity contribution < 1.29 is 0 Å². The highest BCUT2D eigenvalue weighted by molar-refractivity contribution is 5.26. The van der Waals surface area contributed by atoms with Crippen LogP contribution in [0.25, 0.3) is 0 Å². The summed E-state index contributed by atoms with van der Waals surface area (Å²) in [5.41, 5.74) is 3.11. The highest BCUT2D eigenvalue weighted by Gasteiger charge is 2.09. The molecule has 1 aromatic rings. The van der Waals surface area contributed by atoms with Crippen molar-refractivity contribution in [2.75, 3.05) is 0 Å². The number of unbranched alkanes of at least 4 members (excludes halogenated alkanes) is 9. The Hall–Kier alpha value is -0.720. The standard InChI is InChI=1S/C20H37N/c1-4-6-7-8-9-10-11-12-13-14-15-19-16-21-17-20(19)18(3)5-2/h16-18,21H,4-15H2,1-3H3. The summed E-state index contributed by atoms with van der Waals surface area (Å²) in [6.07, 6.45) is 21.1. The van der Waals surface area contributed by atoms with Crippen LogP contribution in [0.3, 0.4) is 0 Å². The fourth-order valence-electron chi connectivity index (χ4n) is 3.11. The predicted molar refractivity (Wildman–Crippen MR) is 95.0 cm³/mol. The molecule has 0 amide bonds. The molecular weight excluding hydrogens is 254 g/mol. The van der Waals surface area contributed by atoms with Gasteiger partial charge in [-0.1, -0.05) is 78.6 Å². The molecular formula is C20H37N. The van der Waals surface area contributed by atoms with Gasteiger partial charge in [-0.3, -0.25) is 0 Å². The third kappa shape index (κ3) is 7.74. The Balaban J connectivity index is 2.01. The van der Waals surface area contributed by atoms with E-state index in [4.69, 9.17) is 0 Å².